The van der Waals surface area contributed by atoms with Crippen LogP contribution in [-0.4, -0.2) is 0 Å². The summed E-state index contributed by atoms with van der Waals surface area (Å²) in [6, 6.07) is 9.22. The molecule has 18 heavy (non-hydrogen) atoms. The van der Waals surface area contributed by atoms with Crippen LogP contribution < -0.4 is 0 Å². The van der Waals surface area contributed by atoms with E-state index >= 15 is 0 Å². The van der Waals surface area contributed by atoms with Crippen LogP contribution in [0.2, 0.25) is 0 Å². The zero-order valence-electron chi connectivity index (χ0n) is 12.5. The molecule has 0 heteroatoms. The van der Waals surface area contributed by atoms with E-state index in [1.807, 2.05) is 0 Å². The highest BCUT2D eigenvalue weighted by molar-refractivity contribution is 5.29. The summed E-state index contributed by atoms with van der Waals surface area (Å²) in [5.41, 5.74) is 3.18. The SMILES string of the molecule is C=CCC(C)C(C)(CCC)c1ccc(CC)cc1. The Kier molecular flexibility index (Phi) is 5.65. The van der Waals surface area contributed by atoms with Gasteiger partial charge in [0.15, 0.2) is 0 Å². The first-order chi connectivity index (χ1) is 8.58. The van der Waals surface area contributed by atoms with Crippen molar-refractivity contribution in [3.63, 3.8) is 0 Å². The topological polar surface area (TPSA) is 0 Å². The van der Waals surface area contributed by atoms with Crippen LogP contribution in [0.5, 0.6) is 0 Å². The fraction of sp³-hybridized carbons (Fsp3) is 0.556. The lowest BCUT2D eigenvalue weighted by Crippen LogP contribution is -2.30. The molecule has 0 aliphatic carbocycles. The van der Waals surface area contributed by atoms with Crippen LogP contribution in [0.25, 0.3) is 0 Å². The number of aryl methyl sites for hydroxylation is 1. The van der Waals surface area contributed by atoms with Crippen LogP contribution in [-0.2, 0) is 11.8 Å². The maximum atomic E-state index is 3.90. The van der Waals surface area contributed by atoms with Crippen molar-refractivity contribution in [2.45, 2.75) is 58.8 Å². The molecule has 0 heterocycles. The number of hydrogen-bond donors (Lipinski definition) is 0. The van der Waals surface area contributed by atoms with E-state index in [4.69, 9.17) is 0 Å². The van der Waals surface area contributed by atoms with Crippen molar-refractivity contribution in [1.82, 2.24) is 0 Å². The molecule has 1 aromatic rings. The lowest BCUT2D eigenvalue weighted by molar-refractivity contribution is 0.291. The van der Waals surface area contributed by atoms with E-state index in [1.54, 1.807) is 0 Å². The van der Waals surface area contributed by atoms with Gasteiger partial charge in [-0.05, 0) is 41.7 Å². The lowest BCUT2D eigenvalue weighted by atomic mass is 9.68. The van der Waals surface area contributed by atoms with Crippen molar-refractivity contribution in [3.05, 3.63) is 48.0 Å². The van der Waals surface area contributed by atoms with Crippen LogP contribution in [0.3, 0.4) is 0 Å². The van der Waals surface area contributed by atoms with Crippen LogP contribution in [0.4, 0.5) is 0 Å². The molecule has 0 radical (unpaired) electrons. The van der Waals surface area contributed by atoms with Crippen LogP contribution in [0.15, 0.2) is 36.9 Å². The standard InChI is InChI=1S/C18H28/c1-6-9-15(4)18(5,14-7-2)17-12-10-16(8-3)11-13-17/h6,10-13,15H,1,7-9,14H2,2-5H3. The minimum atomic E-state index is 0.273. The van der Waals surface area contributed by atoms with E-state index in [0.29, 0.717) is 5.92 Å². The van der Waals surface area contributed by atoms with E-state index in [0.717, 1.165) is 12.8 Å². The second kappa shape index (κ2) is 6.78. The quantitative estimate of drug-likeness (QED) is 0.554. The van der Waals surface area contributed by atoms with E-state index < -0.39 is 0 Å². The average molecular weight is 244 g/mol. The Morgan fingerprint density at radius 2 is 1.83 bits per heavy atom. The van der Waals surface area contributed by atoms with Gasteiger partial charge < -0.3 is 0 Å². The predicted octanol–water partition coefficient (Wildman–Crippen LogP) is 5.52. The largest absolute Gasteiger partial charge is 0.103 e. The molecule has 0 amide bonds. The molecule has 0 aliphatic rings. The van der Waals surface area contributed by atoms with Gasteiger partial charge in [-0.25, -0.2) is 0 Å². The van der Waals surface area contributed by atoms with Crippen molar-refractivity contribution < 1.29 is 0 Å². The summed E-state index contributed by atoms with van der Waals surface area (Å²) in [6.07, 6.45) is 6.74. The first-order valence-corrected chi connectivity index (χ1v) is 7.28. The van der Waals surface area contributed by atoms with Crippen LogP contribution in [0.1, 0.15) is 58.1 Å². The molecule has 1 aromatic carbocycles. The van der Waals surface area contributed by atoms with Gasteiger partial charge >= 0.3 is 0 Å². The molecule has 0 aromatic heterocycles. The molecule has 0 aliphatic heterocycles. The lowest BCUT2D eigenvalue weighted by Gasteiger charge is -2.36. The summed E-state index contributed by atoms with van der Waals surface area (Å²) in [5, 5.41) is 0. The summed E-state index contributed by atoms with van der Waals surface area (Å²) in [5.74, 6) is 0.641. The molecule has 0 fully saturated rings. The molecule has 0 bridgehead atoms. The summed E-state index contributed by atoms with van der Waals surface area (Å²) in [6.45, 7) is 13.1. The Hall–Kier alpha value is -1.04. The van der Waals surface area contributed by atoms with Gasteiger partial charge in [-0.2, -0.15) is 0 Å². The highest BCUT2D eigenvalue weighted by atomic mass is 14.3. The van der Waals surface area contributed by atoms with Gasteiger partial charge in [0.05, 0.1) is 0 Å². The smallest absolute Gasteiger partial charge is 0.00468 e. The molecule has 0 saturated heterocycles. The fourth-order valence-electron chi connectivity index (χ4n) is 2.83. The maximum Gasteiger partial charge on any atom is -0.00468 e. The molecular formula is C18H28. The monoisotopic (exact) mass is 244 g/mol. The molecule has 0 nitrogen and oxygen atoms in total. The van der Waals surface area contributed by atoms with E-state index in [-0.39, 0.29) is 5.41 Å². The third-order valence-electron chi connectivity index (χ3n) is 4.40. The summed E-state index contributed by atoms with van der Waals surface area (Å²) in [4.78, 5) is 0. The molecule has 0 saturated carbocycles. The van der Waals surface area contributed by atoms with Crippen LogP contribution in [0, 0.1) is 5.92 Å². The average Bonchev–Trinajstić information content (AvgIpc) is 2.39. The molecule has 0 N–H and O–H groups in total. The van der Waals surface area contributed by atoms with Gasteiger partial charge in [0.2, 0.25) is 0 Å². The number of allylic oxidation sites excluding steroid dienone is 1. The molecule has 2 atom stereocenters. The van der Waals surface area contributed by atoms with Gasteiger partial charge in [-0.1, -0.05) is 64.5 Å². The normalized spacial score (nSPS) is 16.0. The Bertz CT molecular complexity index is 360. The zero-order chi connectivity index (χ0) is 13.6. The van der Waals surface area contributed by atoms with Gasteiger partial charge in [-0.3, -0.25) is 0 Å². The van der Waals surface area contributed by atoms with Crippen molar-refractivity contribution in [1.29, 1.82) is 0 Å². The van der Waals surface area contributed by atoms with Gasteiger partial charge in [0.1, 0.15) is 0 Å². The molecular weight excluding hydrogens is 216 g/mol. The molecule has 2 unspecified atom stereocenters. The van der Waals surface area contributed by atoms with E-state index in [9.17, 15) is 0 Å². The Balaban J connectivity index is 3.04. The first-order valence-electron chi connectivity index (χ1n) is 7.28. The Morgan fingerprint density at radius 3 is 2.28 bits per heavy atom. The third-order valence-corrected chi connectivity index (χ3v) is 4.40. The Labute approximate surface area is 113 Å². The molecule has 100 valence electrons. The van der Waals surface area contributed by atoms with Crippen molar-refractivity contribution in [3.8, 4) is 0 Å². The number of hydrogen-bond acceptors (Lipinski definition) is 0. The summed E-state index contributed by atoms with van der Waals surface area (Å²) >= 11 is 0. The predicted molar refractivity (Wildman–Crippen MR) is 82.1 cm³/mol. The molecule has 1 rings (SSSR count). The van der Waals surface area contributed by atoms with Gasteiger partial charge in [-0.15, -0.1) is 6.58 Å². The van der Waals surface area contributed by atoms with Crippen molar-refractivity contribution >= 4 is 0 Å². The fourth-order valence-corrected chi connectivity index (χ4v) is 2.83. The van der Waals surface area contributed by atoms with Gasteiger partial charge in [0, 0.05) is 0 Å². The van der Waals surface area contributed by atoms with Crippen molar-refractivity contribution in [2.24, 2.45) is 5.92 Å². The minimum absolute atomic E-state index is 0.273. The highest BCUT2D eigenvalue weighted by Crippen LogP contribution is 2.38. The van der Waals surface area contributed by atoms with Crippen molar-refractivity contribution in [2.75, 3.05) is 0 Å². The zero-order valence-corrected chi connectivity index (χ0v) is 12.5. The molecule has 0 spiro atoms. The Morgan fingerprint density at radius 1 is 1.22 bits per heavy atom. The maximum absolute atomic E-state index is 3.90. The second-order valence-electron chi connectivity index (χ2n) is 5.64. The summed E-state index contributed by atoms with van der Waals surface area (Å²) < 4.78 is 0. The second-order valence-corrected chi connectivity index (χ2v) is 5.64. The van der Waals surface area contributed by atoms with E-state index in [2.05, 4.69) is 64.6 Å². The minimum Gasteiger partial charge on any atom is -0.103 e. The summed E-state index contributed by atoms with van der Waals surface area (Å²) in [7, 11) is 0. The number of rotatable bonds is 7. The third kappa shape index (κ3) is 3.25. The van der Waals surface area contributed by atoms with E-state index in [1.165, 1.54) is 24.0 Å². The first kappa shape index (κ1) is 15.0. The highest BCUT2D eigenvalue weighted by Gasteiger charge is 2.31. The number of benzene rings is 1. The van der Waals surface area contributed by atoms with Crippen LogP contribution >= 0.6 is 0 Å². The van der Waals surface area contributed by atoms with Gasteiger partial charge in [0.25, 0.3) is 0 Å².